The van der Waals surface area contributed by atoms with E-state index in [0.717, 1.165) is 12.3 Å². The molecule has 0 aromatic carbocycles. The minimum Gasteiger partial charge on any atom is -0.350 e. The highest BCUT2D eigenvalue weighted by molar-refractivity contribution is 5.90. The van der Waals surface area contributed by atoms with Crippen LogP contribution >= 0.6 is 0 Å². The number of primary amides is 1. The number of nitrogens with two attached hydrogens (primary N) is 1. The number of urea groups is 1. The molecule has 0 heterocycles. The van der Waals surface area contributed by atoms with Gasteiger partial charge in [0.25, 0.3) is 0 Å². The van der Waals surface area contributed by atoms with Crippen LogP contribution in [0.1, 0.15) is 51.4 Å². The van der Waals surface area contributed by atoms with Gasteiger partial charge >= 0.3 is 6.03 Å². The van der Waals surface area contributed by atoms with Crippen LogP contribution in [-0.4, -0.2) is 11.7 Å². The lowest BCUT2D eigenvalue weighted by Gasteiger charge is -2.09. The molecule has 2 atom stereocenters. The Hall–Kier alpha value is -1.06. The van der Waals surface area contributed by atoms with Crippen LogP contribution in [0.15, 0.2) is 5.10 Å². The van der Waals surface area contributed by atoms with Gasteiger partial charge in [-0.2, -0.15) is 5.10 Å². The van der Waals surface area contributed by atoms with Crippen LogP contribution in [0.5, 0.6) is 0 Å². The van der Waals surface area contributed by atoms with Gasteiger partial charge < -0.3 is 5.73 Å². The van der Waals surface area contributed by atoms with Crippen LogP contribution in [0.25, 0.3) is 0 Å². The van der Waals surface area contributed by atoms with Gasteiger partial charge in [-0.05, 0) is 31.6 Å². The number of hydrazone groups is 1. The Kier molecular flexibility index (Phi) is 3.80. The minimum absolute atomic E-state index is 0.554. The molecule has 0 spiro atoms. The molecular weight excluding hydrogens is 202 g/mol. The molecule has 0 aliphatic heterocycles. The number of amides is 2. The summed E-state index contributed by atoms with van der Waals surface area (Å²) in [5, 5.41) is 4.17. The second-order valence-corrected chi connectivity index (χ2v) is 4.99. The van der Waals surface area contributed by atoms with Crippen LogP contribution < -0.4 is 11.2 Å². The maximum absolute atomic E-state index is 10.6. The quantitative estimate of drug-likeness (QED) is 0.658. The molecule has 4 heteroatoms. The van der Waals surface area contributed by atoms with E-state index in [9.17, 15) is 4.79 Å². The SMILES string of the molecule is NC(=O)N/N=C1\CCCCCCC[C@@H]2C[C@@H]12. The fourth-order valence-electron chi connectivity index (χ4n) is 2.67. The Balaban J connectivity index is 1.92. The molecule has 2 amide bonds. The van der Waals surface area contributed by atoms with Gasteiger partial charge in [-0.1, -0.05) is 25.7 Å². The number of fused-ring (bicyclic) bond motifs is 1. The topological polar surface area (TPSA) is 67.5 Å². The first-order valence-electron chi connectivity index (χ1n) is 6.39. The molecule has 0 saturated heterocycles. The third-order valence-electron chi connectivity index (χ3n) is 3.67. The number of rotatable bonds is 1. The number of carbonyl (C=O) groups excluding carboxylic acids is 1. The standard InChI is InChI=1S/C12H21N3O/c13-12(16)15-14-11-7-5-3-1-2-4-6-9-8-10(9)11/h9-10H,1-8H2,(H3,13,15,16)/b14-11+/t9-,10-/m1/s1. The second kappa shape index (κ2) is 5.32. The third kappa shape index (κ3) is 3.22. The summed E-state index contributed by atoms with van der Waals surface area (Å²) >= 11 is 0. The van der Waals surface area contributed by atoms with E-state index in [-0.39, 0.29) is 0 Å². The first-order valence-corrected chi connectivity index (χ1v) is 6.39. The van der Waals surface area contributed by atoms with E-state index in [2.05, 4.69) is 10.5 Å². The summed E-state index contributed by atoms with van der Waals surface area (Å²) in [5.41, 5.74) is 8.59. The Labute approximate surface area is 96.7 Å². The van der Waals surface area contributed by atoms with Gasteiger partial charge in [0.05, 0.1) is 0 Å². The van der Waals surface area contributed by atoms with Gasteiger partial charge in [0.2, 0.25) is 0 Å². The van der Waals surface area contributed by atoms with E-state index in [4.69, 9.17) is 5.73 Å². The van der Waals surface area contributed by atoms with Crippen LogP contribution in [0.4, 0.5) is 4.79 Å². The van der Waals surface area contributed by atoms with Gasteiger partial charge in [-0.25, -0.2) is 10.2 Å². The maximum Gasteiger partial charge on any atom is 0.332 e. The van der Waals surface area contributed by atoms with Gasteiger partial charge in [0, 0.05) is 11.6 Å². The van der Waals surface area contributed by atoms with Crippen molar-refractivity contribution in [3.63, 3.8) is 0 Å². The number of hydrogen-bond acceptors (Lipinski definition) is 2. The highest BCUT2D eigenvalue weighted by Crippen LogP contribution is 2.45. The summed E-state index contributed by atoms with van der Waals surface area (Å²) in [6.07, 6.45) is 10.2. The Morgan fingerprint density at radius 2 is 2.00 bits per heavy atom. The lowest BCUT2D eigenvalue weighted by atomic mass is 10.00. The minimum atomic E-state index is -0.554. The lowest BCUT2D eigenvalue weighted by molar-refractivity contribution is 0.249. The number of carbonyl (C=O) groups is 1. The molecule has 2 rings (SSSR count). The molecule has 0 radical (unpaired) electrons. The predicted molar refractivity (Wildman–Crippen MR) is 64.1 cm³/mol. The van der Waals surface area contributed by atoms with Crippen LogP contribution in [-0.2, 0) is 0 Å². The van der Waals surface area contributed by atoms with Crippen molar-refractivity contribution in [3.05, 3.63) is 0 Å². The molecule has 3 N–H and O–H groups in total. The second-order valence-electron chi connectivity index (χ2n) is 4.99. The first kappa shape index (κ1) is 11.4. The average molecular weight is 223 g/mol. The largest absolute Gasteiger partial charge is 0.350 e. The van der Waals surface area contributed by atoms with Gasteiger partial charge in [0.1, 0.15) is 0 Å². The van der Waals surface area contributed by atoms with E-state index in [0.29, 0.717) is 5.92 Å². The van der Waals surface area contributed by atoms with E-state index >= 15 is 0 Å². The van der Waals surface area contributed by atoms with Gasteiger partial charge in [0.15, 0.2) is 0 Å². The fraction of sp³-hybridized carbons (Fsp3) is 0.833. The summed E-state index contributed by atoms with van der Waals surface area (Å²) in [4.78, 5) is 10.6. The summed E-state index contributed by atoms with van der Waals surface area (Å²) in [6.45, 7) is 0. The Morgan fingerprint density at radius 1 is 1.25 bits per heavy atom. The molecule has 2 fully saturated rings. The number of hydrogen-bond donors (Lipinski definition) is 2. The molecule has 2 aliphatic rings. The third-order valence-corrected chi connectivity index (χ3v) is 3.67. The van der Waals surface area contributed by atoms with E-state index in [1.165, 1.54) is 50.7 Å². The Bertz CT molecular complexity index is 288. The van der Waals surface area contributed by atoms with Gasteiger partial charge in [-0.3, -0.25) is 0 Å². The normalized spacial score (nSPS) is 32.9. The van der Waals surface area contributed by atoms with E-state index in [1.807, 2.05) is 0 Å². The lowest BCUT2D eigenvalue weighted by Crippen LogP contribution is -2.26. The maximum atomic E-state index is 10.6. The molecular formula is C12H21N3O. The molecule has 2 aliphatic carbocycles. The average Bonchev–Trinajstić information content (AvgIpc) is 3.01. The highest BCUT2D eigenvalue weighted by Gasteiger charge is 2.40. The van der Waals surface area contributed by atoms with Crippen molar-refractivity contribution >= 4 is 11.7 Å². The van der Waals surface area contributed by atoms with Crippen molar-refractivity contribution in [2.45, 2.75) is 51.4 Å². The zero-order valence-electron chi connectivity index (χ0n) is 9.74. The van der Waals surface area contributed by atoms with Crippen molar-refractivity contribution in [1.29, 1.82) is 0 Å². The molecule has 0 bridgehead atoms. The monoisotopic (exact) mass is 223 g/mol. The molecule has 90 valence electrons. The van der Waals surface area contributed by atoms with E-state index in [1.54, 1.807) is 0 Å². The summed E-state index contributed by atoms with van der Waals surface area (Å²) in [6, 6.07) is -0.554. The van der Waals surface area contributed by atoms with Gasteiger partial charge in [-0.15, -0.1) is 0 Å². The molecule has 4 nitrogen and oxygen atoms in total. The van der Waals surface area contributed by atoms with Crippen LogP contribution in [0, 0.1) is 11.8 Å². The Morgan fingerprint density at radius 3 is 2.81 bits per heavy atom. The molecule has 16 heavy (non-hydrogen) atoms. The van der Waals surface area contributed by atoms with Crippen LogP contribution in [0.3, 0.4) is 0 Å². The van der Waals surface area contributed by atoms with Crippen molar-refractivity contribution in [2.24, 2.45) is 22.7 Å². The molecule has 2 saturated carbocycles. The number of nitrogens with zero attached hydrogens (tertiary/aromatic N) is 1. The highest BCUT2D eigenvalue weighted by atomic mass is 16.2. The van der Waals surface area contributed by atoms with Crippen molar-refractivity contribution in [2.75, 3.05) is 0 Å². The summed E-state index contributed by atoms with van der Waals surface area (Å²) < 4.78 is 0. The fourth-order valence-corrected chi connectivity index (χ4v) is 2.67. The molecule has 0 unspecified atom stereocenters. The smallest absolute Gasteiger partial charge is 0.332 e. The summed E-state index contributed by atoms with van der Waals surface area (Å²) in [7, 11) is 0. The van der Waals surface area contributed by atoms with Crippen molar-refractivity contribution < 1.29 is 4.79 Å². The number of nitrogens with one attached hydrogen (secondary N) is 1. The van der Waals surface area contributed by atoms with E-state index < -0.39 is 6.03 Å². The van der Waals surface area contributed by atoms with Crippen LogP contribution in [0.2, 0.25) is 0 Å². The molecule has 0 aromatic rings. The first-order chi connectivity index (χ1) is 7.77. The summed E-state index contributed by atoms with van der Waals surface area (Å²) in [5.74, 6) is 1.46. The zero-order chi connectivity index (χ0) is 11.4. The molecule has 0 aromatic heterocycles. The van der Waals surface area contributed by atoms with Crippen molar-refractivity contribution in [3.8, 4) is 0 Å². The van der Waals surface area contributed by atoms with Crippen molar-refractivity contribution in [1.82, 2.24) is 5.43 Å². The predicted octanol–water partition coefficient (Wildman–Crippen LogP) is 2.39. The zero-order valence-corrected chi connectivity index (χ0v) is 9.74.